The minimum absolute atomic E-state index is 0.412. The number of carbonyl (C=O) groups is 1. The Labute approximate surface area is 158 Å². The second kappa shape index (κ2) is 7.42. The molecule has 0 saturated heterocycles. The summed E-state index contributed by atoms with van der Waals surface area (Å²) in [5, 5.41) is 0. The number of aliphatic imine (C=N–C) groups is 1. The summed E-state index contributed by atoms with van der Waals surface area (Å²) < 4.78 is 6.02. The summed E-state index contributed by atoms with van der Waals surface area (Å²) in [5.41, 5.74) is 6.82. The number of hydrogen-bond acceptors (Lipinski definition) is 5. The van der Waals surface area contributed by atoms with Crippen LogP contribution in [0.1, 0.15) is 66.8 Å². The van der Waals surface area contributed by atoms with Crippen molar-refractivity contribution in [2.75, 3.05) is 6.54 Å². The monoisotopic (exact) mass is 367 g/mol. The number of ether oxygens (including phenoxy) is 1. The van der Waals surface area contributed by atoms with Gasteiger partial charge in [-0.15, -0.1) is 0 Å². The molecule has 3 N–H and O–H groups in total. The van der Waals surface area contributed by atoms with Gasteiger partial charge in [-0.2, -0.15) is 4.99 Å². The average Bonchev–Trinajstić information content (AvgIpc) is 3.31. The van der Waals surface area contributed by atoms with Crippen molar-refractivity contribution < 1.29 is 9.53 Å². The Morgan fingerprint density at radius 2 is 2.19 bits per heavy atom. The van der Waals surface area contributed by atoms with Crippen molar-refractivity contribution in [2.24, 2.45) is 10.7 Å². The largest absolute Gasteiger partial charge is 0.426 e. The minimum atomic E-state index is -0.479. The van der Waals surface area contributed by atoms with Gasteiger partial charge in [0, 0.05) is 18.0 Å². The van der Waals surface area contributed by atoms with Gasteiger partial charge < -0.3 is 20.4 Å². The maximum atomic E-state index is 11.4. The SMILES string of the molecule is CCCN1Cc2[nH]c(C3CCCC3)nc2N=C1Oc1cccc(C(N)=O)c1. The Morgan fingerprint density at radius 3 is 2.93 bits per heavy atom. The summed E-state index contributed by atoms with van der Waals surface area (Å²) in [6.07, 6.45) is 5.90. The fraction of sp³-hybridized carbons (Fsp3) is 0.450. The highest BCUT2D eigenvalue weighted by Gasteiger charge is 2.27. The second-order valence-electron chi connectivity index (χ2n) is 7.22. The van der Waals surface area contributed by atoms with E-state index in [1.807, 2.05) is 0 Å². The lowest BCUT2D eigenvalue weighted by Crippen LogP contribution is -2.37. The van der Waals surface area contributed by atoms with E-state index in [4.69, 9.17) is 15.5 Å². The van der Waals surface area contributed by atoms with Crippen molar-refractivity contribution >= 4 is 17.7 Å². The first-order valence-electron chi connectivity index (χ1n) is 9.64. The first-order valence-corrected chi connectivity index (χ1v) is 9.64. The van der Waals surface area contributed by atoms with Crippen LogP contribution < -0.4 is 10.5 Å². The van der Waals surface area contributed by atoms with Gasteiger partial charge >= 0.3 is 0 Å². The highest BCUT2D eigenvalue weighted by atomic mass is 16.5. The molecule has 1 fully saturated rings. The molecule has 0 unspecified atom stereocenters. The topological polar surface area (TPSA) is 96.6 Å². The van der Waals surface area contributed by atoms with Gasteiger partial charge in [-0.05, 0) is 37.5 Å². The lowest BCUT2D eigenvalue weighted by atomic mass is 10.1. The van der Waals surface area contributed by atoms with Crippen molar-refractivity contribution in [1.29, 1.82) is 0 Å². The number of carbonyl (C=O) groups excluding carboxylic acids is 1. The number of imidazole rings is 1. The highest BCUT2D eigenvalue weighted by Crippen LogP contribution is 2.35. The quantitative estimate of drug-likeness (QED) is 0.846. The van der Waals surface area contributed by atoms with Gasteiger partial charge in [0.05, 0.1) is 12.2 Å². The molecule has 7 nitrogen and oxygen atoms in total. The molecule has 0 atom stereocenters. The van der Waals surface area contributed by atoms with E-state index in [2.05, 4.69) is 21.8 Å². The van der Waals surface area contributed by atoms with Crippen LogP contribution in [-0.2, 0) is 6.54 Å². The lowest BCUT2D eigenvalue weighted by Gasteiger charge is -2.27. The number of nitrogens with zero attached hydrogens (tertiary/aromatic N) is 3. The van der Waals surface area contributed by atoms with Gasteiger partial charge in [0.15, 0.2) is 5.82 Å². The molecular weight excluding hydrogens is 342 g/mol. The van der Waals surface area contributed by atoms with Crippen molar-refractivity contribution in [3.05, 3.63) is 41.3 Å². The predicted molar refractivity (Wildman–Crippen MR) is 103 cm³/mol. The number of primary amides is 1. The van der Waals surface area contributed by atoms with E-state index in [9.17, 15) is 4.79 Å². The van der Waals surface area contributed by atoms with Crippen LogP contribution in [0, 0.1) is 0 Å². The number of aromatic amines is 1. The van der Waals surface area contributed by atoms with Gasteiger partial charge in [0.2, 0.25) is 5.91 Å². The van der Waals surface area contributed by atoms with E-state index in [0.29, 0.717) is 35.6 Å². The molecule has 2 aliphatic rings. The number of amidine groups is 1. The molecule has 27 heavy (non-hydrogen) atoms. The number of amides is 1. The third-order valence-electron chi connectivity index (χ3n) is 5.16. The van der Waals surface area contributed by atoms with Crippen molar-refractivity contribution in [3.8, 4) is 5.75 Å². The standard InChI is InChI=1S/C20H25N5O2/c1-2-10-25-12-16-19(23-18(22-16)13-6-3-4-7-13)24-20(25)27-15-9-5-8-14(11-15)17(21)26/h5,8-9,11,13H,2-4,6-7,10,12H2,1H3,(H2,21,26)(H,22,23). The molecule has 1 aliphatic heterocycles. The van der Waals surface area contributed by atoms with Crippen LogP contribution in [0.25, 0.3) is 0 Å². The number of hydrogen-bond donors (Lipinski definition) is 2. The molecule has 0 spiro atoms. The van der Waals surface area contributed by atoms with Crippen LogP contribution in [0.2, 0.25) is 0 Å². The minimum Gasteiger partial charge on any atom is -0.426 e. The molecule has 1 saturated carbocycles. The first-order chi connectivity index (χ1) is 13.1. The van der Waals surface area contributed by atoms with E-state index in [-0.39, 0.29) is 0 Å². The molecule has 0 radical (unpaired) electrons. The van der Waals surface area contributed by atoms with E-state index >= 15 is 0 Å². The van der Waals surface area contributed by atoms with Crippen LogP contribution in [0.3, 0.4) is 0 Å². The van der Waals surface area contributed by atoms with E-state index < -0.39 is 5.91 Å². The average molecular weight is 367 g/mol. The number of fused-ring (bicyclic) bond motifs is 1. The number of rotatable bonds is 5. The molecule has 1 aliphatic carbocycles. The van der Waals surface area contributed by atoms with Crippen LogP contribution in [0.4, 0.5) is 5.82 Å². The second-order valence-corrected chi connectivity index (χ2v) is 7.22. The zero-order valence-electron chi connectivity index (χ0n) is 15.6. The van der Waals surface area contributed by atoms with Crippen LogP contribution in [0.15, 0.2) is 29.3 Å². The van der Waals surface area contributed by atoms with Gasteiger partial charge in [0.1, 0.15) is 11.6 Å². The molecule has 1 aromatic heterocycles. The Balaban J connectivity index is 1.62. The Hall–Kier alpha value is -2.83. The lowest BCUT2D eigenvalue weighted by molar-refractivity contribution is 0.1000. The number of H-pyrrole nitrogens is 1. The van der Waals surface area contributed by atoms with Crippen molar-refractivity contribution in [2.45, 2.75) is 51.5 Å². The van der Waals surface area contributed by atoms with Crippen molar-refractivity contribution in [1.82, 2.24) is 14.9 Å². The molecule has 2 heterocycles. The zero-order valence-corrected chi connectivity index (χ0v) is 15.6. The van der Waals surface area contributed by atoms with Gasteiger partial charge in [-0.1, -0.05) is 25.8 Å². The molecular formula is C20H25N5O2. The fourth-order valence-electron chi connectivity index (χ4n) is 3.79. The van der Waals surface area contributed by atoms with Gasteiger partial charge in [-0.25, -0.2) is 4.98 Å². The summed E-state index contributed by atoms with van der Waals surface area (Å²) in [5.74, 6) is 2.34. The number of aromatic nitrogens is 2. The third-order valence-corrected chi connectivity index (χ3v) is 5.16. The summed E-state index contributed by atoms with van der Waals surface area (Å²) in [7, 11) is 0. The molecule has 142 valence electrons. The van der Waals surface area contributed by atoms with E-state index in [1.165, 1.54) is 25.7 Å². The summed E-state index contributed by atoms with van der Waals surface area (Å²) in [6.45, 7) is 3.64. The Bertz CT molecular complexity index is 867. The smallest absolute Gasteiger partial charge is 0.300 e. The fourth-order valence-corrected chi connectivity index (χ4v) is 3.79. The Morgan fingerprint density at radius 1 is 1.37 bits per heavy atom. The first kappa shape index (κ1) is 17.6. The summed E-state index contributed by atoms with van der Waals surface area (Å²) in [4.78, 5) is 26.4. The van der Waals surface area contributed by atoms with Gasteiger partial charge in [-0.3, -0.25) is 4.79 Å². The maximum absolute atomic E-state index is 11.4. The summed E-state index contributed by atoms with van der Waals surface area (Å²) >= 11 is 0. The molecule has 0 bridgehead atoms. The molecule has 1 aromatic carbocycles. The zero-order chi connectivity index (χ0) is 18.8. The number of nitrogens with one attached hydrogen (secondary N) is 1. The molecule has 4 rings (SSSR count). The summed E-state index contributed by atoms with van der Waals surface area (Å²) in [6, 6.07) is 7.36. The van der Waals surface area contributed by atoms with E-state index in [0.717, 1.165) is 24.5 Å². The predicted octanol–water partition coefficient (Wildman–Crippen LogP) is 3.46. The molecule has 7 heteroatoms. The molecule has 2 aromatic rings. The van der Waals surface area contributed by atoms with E-state index in [1.54, 1.807) is 24.3 Å². The molecule has 1 amide bonds. The Kier molecular flexibility index (Phi) is 4.83. The highest BCUT2D eigenvalue weighted by molar-refractivity contribution is 5.93. The van der Waals surface area contributed by atoms with Crippen LogP contribution >= 0.6 is 0 Å². The van der Waals surface area contributed by atoms with Gasteiger partial charge in [0.25, 0.3) is 6.02 Å². The van der Waals surface area contributed by atoms with Crippen molar-refractivity contribution in [3.63, 3.8) is 0 Å². The van der Waals surface area contributed by atoms with Crippen LogP contribution in [0.5, 0.6) is 5.75 Å². The number of benzene rings is 1. The van der Waals surface area contributed by atoms with Crippen LogP contribution in [-0.4, -0.2) is 33.3 Å². The third kappa shape index (κ3) is 3.67. The number of nitrogens with two attached hydrogens (primary N) is 1. The normalized spacial score (nSPS) is 16.9. The maximum Gasteiger partial charge on any atom is 0.300 e.